The highest BCUT2D eigenvalue weighted by atomic mass is 19.1. The maximum Gasteiger partial charge on any atom is 0.246 e. The maximum absolute atomic E-state index is 14.2. The van der Waals surface area contributed by atoms with E-state index in [1.54, 1.807) is 18.2 Å². The Hall–Kier alpha value is -2.08. The first-order chi connectivity index (χ1) is 13.6. The molecular formula is C22H27FN4O. The first kappa shape index (κ1) is 18.0. The summed E-state index contributed by atoms with van der Waals surface area (Å²) in [6, 6.07) is 6.59. The molecule has 4 aliphatic carbocycles. The van der Waals surface area contributed by atoms with Crippen LogP contribution in [0.3, 0.4) is 0 Å². The van der Waals surface area contributed by atoms with E-state index in [-0.39, 0.29) is 12.4 Å². The van der Waals surface area contributed by atoms with Crippen LogP contribution in [0.2, 0.25) is 0 Å². The molecule has 0 radical (unpaired) electrons. The quantitative estimate of drug-likeness (QED) is 0.826. The molecule has 0 atom stereocenters. The van der Waals surface area contributed by atoms with E-state index in [0.717, 1.165) is 24.3 Å². The number of anilines is 1. The second-order valence-electron chi connectivity index (χ2n) is 9.18. The number of aliphatic hydroxyl groups excluding tert-OH is 1. The first-order valence-corrected chi connectivity index (χ1v) is 10.4. The Balaban J connectivity index is 1.43. The summed E-state index contributed by atoms with van der Waals surface area (Å²) >= 11 is 0. The Morgan fingerprint density at radius 1 is 1.07 bits per heavy atom. The lowest BCUT2D eigenvalue weighted by Gasteiger charge is -2.57. The molecule has 2 aromatic rings. The minimum absolute atomic E-state index is 0.0413. The lowest BCUT2D eigenvalue weighted by Crippen LogP contribution is -2.52. The number of benzene rings is 1. The largest absolute Gasteiger partial charge is 0.395 e. The van der Waals surface area contributed by atoms with Crippen LogP contribution in [0.25, 0.3) is 11.3 Å². The zero-order valence-corrected chi connectivity index (χ0v) is 16.1. The van der Waals surface area contributed by atoms with Gasteiger partial charge in [-0.25, -0.2) is 9.37 Å². The number of hydrogen-bond acceptors (Lipinski definition) is 5. The van der Waals surface area contributed by atoms with E-state index in [9.17, 15) is 9.50 Å². The Labute approximate surface area is 165 Å². The standard InChI is InChI=1S/C22H27FN4O/c23-19-4-2-1-3-18(19)20-13-24-26-21(25-20)27(5-6-28)14-22-10-15-7-16(11-22)9-17(8-15)12-22/h1-4,13,15-17,28H,5-12,14H2. The summed E-state index contributed by atoms with van der Waals surface area (Å²) in [5.41, 5.74) is 1.22. The summed E-state index contributed by atoms with van der Waals surface area (Å²) in [6.45, 7) is 1.38. The molecule has 0 amide bonds. The molecule has 6 rings (SSSR count). The topological polar surface area (TPSA) is 62.1 Å². The fourth-order valence-electron chi connectivity index (χ4n) is 6.49. The number of hydrogen-bond donors (Lipinski definition) is 1. The normalized spacial score (nSPS) is 30.6. The Bertz CT molecular complexity index is 823. The van der Waals surface area contributed by atoms with E-state index in [1.165, 1.54) is 50.8 Å². The van der Waals surface area contributed by atoms with Gasteiger partial charge in [-0.15, -0.1) is 5.10 Å². The van der Waals surface area contributed by atoms with Gasteiger partial charge in [-0.2, -0.15) is 5.10 Å². The summed E-state index contributed by atoms with van der Waals surface area (Å²) in [7, 11) is 0. The number of aromatic nitrogens is 3. The van der Waals surface area contributed by atoms with E-state index in [1.807, 2.05) is 0 Å². The molecule has 0 spiro atoms. The zero-order valence-electron chi connectivity index (χ0n) is 16.1. The van der Waals surface area contributed by atoms with E-state index in [0.29, 0.717) is 29.2 Å². The van der Waals surface area contributed by atoms with Gasteiger partial charge in [0.15, 0.2) is 0 Å². The van der Waals surface area contributed by atoms with Gasteiger partial charge in [-0.05, 0) is 73.8 Å². The summed E-state index contributed by atoms with van der Waals surface area (Å²) in [4.78, 5) is 6.70. The van der Waals surface area contributed by atoms with E-state index >= 15 is 0 Å². The van der Waals surface area contributed by atoms with Crippen molar-refractivity contribution in [2.24, 2.45) is 23.2 Å². The molecule has 1 N–H and O–H groups in total. The second-order valence-corrected chi connectivity index (χ2v) is 9.18. The third kappa shape index (κ3) is 3.28. The summed E-state index contributed by atoms with van der Waals surface area (Å²) in [6.07, 6.45) is 9.55. The van der Waals surface area contributed by atoms with Gasteiger partial charge < -0.3 is 10.0 Å². The molecule has 148 valence electrons. The number of aliphatic hydroxyl groups is 1. The van der Waals surface area contributed by atoms with Crippen LogP contribution >= 0.6 is 0 Å². The molecule has 28 heavy (non-hydrogen) atoms. The van der Waals surface area contributed by atoms with Crippen molar-refractivity contribution in [2.75, 3.05) is 24.6 Å². The van der Waals surface area contributed by atoms with Gasteiger partial charge in [0.2, 0.25) is 5.95 Å². The number of rotatable bonds is 6. The highest BCUT2D eigenvalue weighted by Crippen LogP contribution is 2.60. The lowest BCUT2D eigenvalue weighted by atomic mass is 9.49. The lowest BCUT2D eigenvalue weighted by molar-refractivity contribution is -0.0480. The SMILES string of the molecule is OCCN(CC12CC3CC(CC(C3)C1)C2)c1nncc(-c2ccccc2F)n1. The van der Waals surface area contributed by atoms with Crippen molar-refractivity contribution >= 4 is 5.95 Å². The van der Waals surface area contributed by atoms with Crippen LogP contribution in [-0.4, -0.2) is 40.0 Å². The fraction of sp³-hybridized carbons (Fsp3) is 0.591. The monoisotopic (exact) mass is 382 g/mol. The average Bonchev–Trinajstić information content (AvgIpc) is 2.67. The van der Waals surface area contributed by atoms with Crippen molar-refractivity contribution in [3.05, 3.63) is 36.3 Å². The van der Waals surface area contributed by atoms with E-state index in [4.69, 9.17) is 0 Å². The van der Waals surface area contributed by atoms with Gasteiger partial charge in [-0.3, -0.25) is 0 Å². The summed E-state index contributed by atoms with van der Waals surface area (Å²) < 4.78 is 14.2. The minimum Gasteiger partial charge on any atom is -0.395 e. The predicted molar refractivity (Wildman–Crippen MR) is 105 cm³/mol. The smallest absolute Gasteiger partial charge is 0.246 e. The molecule has 1 aromatic carbocycles. The molecule has 4 fully saturated rings. The van der Waals surface area contributed by atoms with Crippen LogP contribution in [0.1, 0.15) is 38.5 Å². The molecule has 6 heteroatoms. The maximum atomic E-state index is 14.2. The van der Waals surface area contributed by atoms with Crippen molar-refractivity contribution in [1.29, 1.82) is 0 Å². The summed E-state index contributed by atoms with van der Waals surface area (Å²) in [5, 5.41) is 18.0. The van der Waals surface area contributed by atoms with Crippen LogP contribution in [0.15, 0.2) is 30.5 Å². The van der Waals surface area contributed by atoms with Gasteiger partial charge >= 0.3 is 0 Å². The molecule has 5 nitrogen and oxygen atoms in total. The third-order valence-electron chi connectivity index (χ3n) is 7.04. The van der Waals surface area contributed by atoms with E-state index < -0.39 is 0 Å². The predicted octanol–water partition coefficient (Wildman–Crippen LogP) is 3.69. The van der Waals surface area contributed by atoms with Crippen LogP contribution < -0.4 is 4.90 Å². The van der Waals surface area contributed by atoms with Gasteiger partial charge in [0.25, 0.3) is 0 Å². The van der Waals surface area contributed by atoms with Gasteiger partial charge in [0, 0.05) is 18.7 Å². The second kappa shape index (κ2) is 7.07. The van der Waals surface area contributed by atoms with Crippen molar-refractivity contribution in [2.45, 2.75) is 38.5 Å². The number of nitrogens with zero attached hydrogens (tertiary/aromatic N) is 4. The van der Waals surface area contributed by atoms with Crippen molar-refractivity contribution in [1.82, 2.24) is 15.2 Å². The summed E-state index contributed by atoms with van der Waals surface area (Å²) in [5.74, 6) is 2.78. The van der Waals surface area contributed by atoms with Crippen LogP contribution in [-0.2, 0) is 0 Å². The highest BCUT2D eigenvalue weighted by molar-refractivity contribution is 5.59. The molecule has 1 aromatic heterocycles. The van der Waals surface area contributed by atoms with Gasteiger partial charge in [0.05, 0.1) is 18.5 Å². The van der Waals surface area contributed by atoms with Crippen molar-refractivity contribution < 1.29 is 9.50 Å². The Morgan fingerprint density at radius 2 is 1.75 bits per heavy atom. The van der Waals surface area contributed by atoms with Crippen molar-refractivity contribution in [3.8, 4) is 11.3 Å². The Kier molecular flexibility index (Phi) is 4.54. The molecule has 0 saturated heterocycles. The van der Waals surface area contributed by atoms with Gasteiger partial charge in [-0.1, -0.05) is 12.1 Å². The molecule has 4 bridgehead atoms. The van der Waals surface area contributed by atoms with Crippen LogP contribution in [0.5, 0.6) is 0 Å². The van der Waals surface area contributed by atoms with Crippen LogP contribution in [0, 0.1) is 29.0 Å². The van der Waals surface area contributed by atoms with Crippen LogP contribution in [0.4, 0.5) is 10.3 Å². The number of halogens is 1. The highest BCUT2D eigenvalue weighted by Gasteiger charge is 2.51. The molecule has 0 aliphatic heterocycles. The molecule has 4 saturated carbocycles. The average molecular weight is 382 g/mol. The molecule has 0 unspecified atom stereocenters. The molecule has 1 heterocycles. The van der Waals surface area contributed by atoms with Gasteiger partial charge in [0.1, 0.15) is 5.82 Å². The van der Waals surface area contributed by atoms with Crippen molar-refractivity contribution in [3.63, 3.8) is 0 Å². The van der Waals surface area contributed by atoms with E-state index in [2.05, 4.69) is 20.1 Å². The Morgan fingerprint density at radius 3 is 2.39 bits per heavy atom. The third-order valence-corrected chi connectivity index (χ3v) is 7.04. The zero-order chi connectivity index (χ0) is 19.1. The molecular weight excluding hydrogens is 355 g/mol. The molecule has 4 aliphatic rings. The fourth-order valence-corrected chi connectivity index (χ4v) is 6.49. The first-order valence-electron chi connectivity index (χ1n) is 10.4. The minimum atomic E-state index is -0.316.